The molecular weight excluding hydrogens is 421 g/mol. The molecule has 5 rings (SSSR count). The molecule has 5 aromatic rings. The van der Waals surface area contributed by atoms with E-state index in [-0.39, 0.29) is 23.7 Å². The summed E-state index contributed by atoms with van der Waals surface area (Å²) in [6.07, 6.45) is 1.48. The summed E-state index contributed by atoms with van der Waals surface area (Å²) in [6, 6.07) is 23.4. The lowest BCUT2D eigenvalue weighted by Crippen LogP contribution is -2.21. The summed E-state index contributed by atoms with van der Waals surface area (Å²) in [7, 11) is 0. The molecule has 2 heterocycles. The van der Waals surface area contributed by atoms with Gasteiger partial charge in [0.15, 0.2) is 5.43 Å². The summed E-state index contributed by atoms with van der Waals surface area (Å²) < 4.78 is 20.4. The van der Waals surface area contributed by atoms with Crippen molar-refractivity contribution in [3.8, 4) is 11.6 Å². The highest BCUT2D eigenvalue weighted by Crippen LogP contribution is 2.22. The Morgan fingerprint density at radius 1 is 0.879 bits per heavy atom. The molecule has 7 heteroatoms. The zero-order valence-corrected chi connectivity index (χ0v) is 17.4. The second kappa shape index (κ2) is 8.55. The fourth-order valence-electron chi connectivity index (χ4n) is 3.73. The van der Waals surface area contributed by atoms with Gasteiger partial charge in [0.1, 0.15) is 18.1 Å². The Bertz CT molecular complexity index is 1470. The van der Waals surface area contributed by atoms with E-state index >= 15 is 0 Å². The van der Waals surface area contributed by atoms with Crippen LogP contribution in [-0.2, 0) is 11.3 Å². The maximum atomic E-state index is 13.0. The Balaban J connectivity index is 1.37. The van der Waals surface area contributed by atoms with Crippen molar-refractivity contribution in [1.29, 1.82) is 0 Å². The summed E-state index contributed by atoms with van der Waals surface area (Å²) in [4.78, 5) is 29.9. The lowest BCUT2D eigenvalue weighted by molar-refractivity contribution is -0.116. The lowest BCUT2D eigenvalue weighted by Gasteiger charge is -2.15. The lowest BCUT2D eigenvalue weighted by atomic mass is 10.1. The van der Waals surface area contributed by atoms with Crippen LogP contribution in [0.5, 0.6) is 11.6 Å². The van der Waals surface area contributed by atoms with E-state index in [9.17, 15) is 14.0 Å². The minimum absolute atomic E-state index is 0.0230. The molecule has 0 saturated heterocycles. The Labute approximate surface area is 187 Å². The summed E-state index contributed by atoms with van der Waals surface area (Å²) >= 11 is 0. The largest absolute Gasteiger partial charge is 0.439 e. The van der Waals surface area contributed by atoms with Gasteiger partial charge in [0.2, 0.25) is 11.8 Å². The first kappa shape index (κ1) is 20.4. The van der Waals surface area contributed by atoms with E-state index in [2.05, 4.69) is 10.3 Å². The van der Waals surface area contributed by atoms with Gasteiger partial charge in [0.25, 0.3) is 0 Å². The molecule has 0 unspecified atom stereocenters. The Hall–Kier alpha value is -4.52. The average Bonchev–Trinajstić information content (AvgIpc) is 2.84. The first-order chi connectivity index (χ1) is 16.1. The van der Waals surface area contributed by atoms with Gasteiger partial charge >= 0.3 is 0 Å². The number of anilines is 1. The number of hydrogen-bond donors (Lipinski definition) is 1. The Morgan fingerprint density at radius 2 is 1.52 bits per heavy atom. The molecule has 0 bridgehead atoms. The van der Waals surface area contributed by atoms with Gasteiger partial charge in [-0.05, 0) is 54.6 Å². The molecule has 0 atom stereocenters. The van der Waals surface area contributed by atoms with Crippen LogP contribution < -0.4 is 15.5 Å². The molecule has 0 saturated carbocycles. The minimum Gasteiger partial charge on any atom is -0.439 e. The highest BCUT2D eigenvalue weighted by atomic mass is 19.1. The van der Waals surface area contributed by atoms with E-state index in [1.54, 1.807) is 24.3 Å². The third-order valence-corrected chi connectivity index (χ3v) is 5.24. The van der Waals surface area contributed by atoms with Crippen molar-refractivity contribution in [3.05, 3.63) is 107 Å². The fourth-order valence-corrected chi connectivity index (χ4v) is 3.73. The van der Waals surface area contributed by atoms with E-state index < -0.39 is 0 Å². The number of carbonyl (C=O) groups excluding carboxylic acids is 1. The SMILES string of the molecule is O=C(Cn1c2ccccc2c(=O)c2ccccc21)Nc1ccc(Oc2ccc(F)cc2)nc1. The number of carbonyl (C=O) groups is 1. The van der Waals surface area contributed by atoms with Gasteiger partial charge in [-0.15, -0.1) is 0 Å². The van der Waals surface area contributed by atoms with Crippen LogP contribution in [0.2, 0.25) is 0 Å². The molecule has 0 fully saturated rings. The molecule has 1 amide bonds. The number of amides is 1. The molecule has 2 aromatic heterocycles. The topological polar surface area (TPSA) is 73.2 Å². The maximum absolute atomic E-state index is 13.0. The van der Waals surface area contributed by atoms with Crippen LogP contribution in [0.1, 0.15) is 0 Å². The number of fused-ring (bicyclic) bond motifs is 2. The smallest absolute Gasteiger partial charge is 0.244 e. The van der Waals surface area contributed by atoms with Gasteiger partial charge in [-0.25, -0.2) is 9.37 Å². The summed E-state index contributed by atoms with van der Waals surface area (Å²) in [6.45, 7) is 0.0230. The quantitative estimate of drug-likeness (QED) is 0.386. The molecule has 0 radical (unpaired) electrons. The zero-order valence-electron chi connectivity index (χ0n) is 17.4. The minimum atomic E-state index is -0.350. The first-order valence-electron chi connectivity index (χ1n) is 10.3. The van der Waals surface area contributed by atoms with Crippen LogP contribution in [0.15, 0.2) is 95.9 Å². The number of aromatic nitrogens is 2. The highest BCUT2D eigenvalue weighted by Gasteiger charge is 2.13. The first-order valence-corrected chi connectivity index (χ1v) is 10.3. The van der Waals surface area contributed by atoms with E-state index in [0.29, 0.717) is 39.1 Å². The van der Waals surface area contributed by atoms with Crippen molar-refractivity contribution in [2.24, 2.45) is 0 Å². The van der Waals surface area contributed by atoms with Crippen molar-refractivity contribution in [2.45, 2.75) is 6.54 Å². The van der Waals surface area contributed by atoms with Gasteiger partial charge in [0, 0.05) is 16.8 Å². The van der Waals surface area contributed by atoms with E-state index in [1.165, 1.54) is 30.5 Å². The third kappa shape index (κ3) is 4.16. The number of pyridine rings is 2. The van der Waals surface area contributed by atoms with E-state index in [4.69, 9.17) is 4.74 Å². The maximum Gasteiger partial charge on any atom is 0.244 e. The molecule has 6 nitrogen and oxygen atoms in total. The van der Waals surface area contributed by atoms with Crippen LogP contribution in [0.3, 0.4) is 0 Å². The van der Waals surface area contributed by atoms with Gasteiger partial charge < -0.3 is 14.6 Å². The Kier molecular flexibility index (Phi) is 5.28. The fraction of sp³-hybridized carbons (Fsp3) is 0.0385. The summed E-state index contributed by atoms with van der Waals surface area (Å²) in [5.74, 6) is 0.161. The second-order valence-corrected chi connectivity index (χ2v) is 7.44. The number of nitrogens with zero attached hydrogens (tertiary/aromatic N) is 2. The molecule has 1 N–H and O–H groups in total. The van der Waals surface area contributed by atoms with Crippen LogP contribution in [0, 0.1) is 5.82 Å². The van der Waals surface area contributed by atoms with Crippen LogP contribution >= 0.6 is 0 Å². The number of halogens is 1. The van der Waals surface area contributed by atoms with Crippen molar-refractivity contribution >= 4 is 33.4 Å². The van der Waals surface area contributed by atoms with Gasteiger partial charge in [-0.1, -0.05) is 24.3 Å². The standard InChI is InChI=1S/C26H18FN3O3/c27-17-9-12-19(13-10-17)33-25-14-11-18(15-28-25)29-24(31)16-30-22-7-3-1-5-20(22)26(32)21-6-2-4-8-23(21)30/h1-15H,16H2,(H,29,31). The molecule has 33 heavy (non-hydrogen) atoms. The number of rotatable bonds is 5. The Morgan fingerprint density at radius 3 is 2.12 bits per heavy atom. The predicted molar refractivity (Wildman–Crippen MR) is 125 cm³/mol. The zero-order chi connectivity index (χ0) is 22.8. The van der Waals surface area contributed by atoms with Crippen molar-refractivity contribution in [3.63, 3.8) is 0 Å². The van der Waals surface area contributed by atoms with Gasteiger partial charge in [-0.3, -0.25) is 9.59 Å². The van der Waals surface area contributed by atoms with Crippen LogP contribution in [0.25, 0.3) is 21.8 Å². The van der Waals surface area contributed by atoms with E-state index in [0.717, 1.165) is 0 Å². The summed E-state index contributed by atoms with van der Waals surface area (Å²) in [5, 5.41) is 3.95. The number of para-hydroxylation sites is 2. The molecule has 0 aliphatic heterocycles. The summed E-state index contributed by atoms with van der Waals surface area (Å²) in [5.41, 5.74) is 1.83. The molecule has 162 valence electrons. The van der Waals surface area contributed by atoms with Gasteiger partial charge in [-0.2, -0.15) is 0 Å². The van der Waals surface area contributed by atoms with Crippen molar-refractivity contribution < 1.29 is 13.9 Å². The molecular formula is C26H18FN3O3. The van der Waals surface area contributed by atoms with Crippen LogP contribution in [-0.4, -0.2) is 15.5 Å². The monoisotopic (exact) mass is 439 g/mol. The number of ether oxygens (including phenoxy) is 1. The van der Waals surface area contributed by atoms with E-state index in [1.807, 2.05) is 41.0 Å². The van der Waals surface area contributed by atoms with Crippen LogP contribution in [0.4, 0.5) is 10.1 Å². The number of hydrogen-bond acceptors (Lipinski definition) is 4. The average molecular weight is 439 g/mol. The molecule has 3 aromatic carbocycles. The number of benzene rings is 3. The molecule has 0 aliphatic rings. The third-order valence-electron chi connectivity index (χ3n) is 5.24. The predicted octanol–water partition coefficient (Wildman–Crippen LogP) is 5.12. The van der Waals surface area contributed by atoms with Gasteiger partial charge in [0.05, 0.1) is 22.9 Å². The molecule has 0 spiro atoms. The second-order valence-electron chi connectivity index (χ2n) is 7.44. The normalized spacial score (nSPS) is 10.9. The molecule has 0 aliphatic carbocycles. The number of nitrogens with one attached hydrogen (secondary N) is 1. The van der Waals surface area contributed by atoms with Crippen molar-refractivity contribution in [2.75, 3.05) is 5.32 Å². The van der Waals surface area contributed by atoms with Crippen molar-refractivity contribution in [1.82, 2.24) is 9.55 Å². The highest BCUT2D eigenvalue weighted by molar-refractivity contribution is 5.97.